The fourth-order valence-corrected chi connectivity index (χ4v) is 1.92. The van der Waals surface area contributed by atoms with Crippen LogP contribution in [0.15, 0.2) is 0 Å². The van der Waals surface area contributed by atoms with Crippen LogP contribution in [0.2, 0.25) is 0 Å². The largest absolute Gasteiger partial charge is 0.383 e. The zero-order valence-electron chi connectivity index (χ0n) is 10.3. The topological polar surface area (TPSA) is 70.7 Å². The molecule has 0 saturated heterocycles. The Labute approximate surface area is 98.5 Å². The van der Waals surface area contributed by atoms with E-state index in [0.29, 0.717) is 26.2 Å². The Balaban J connectivity index is 3.77. The summed E-state index contributed by atoms with van der Waals surface area (Å²) in [5.41, 5.74) is 0. The summed E-state index contributed by atoms with van der Waals surface area (Å²) in [4.78, 5) is 0. The smallest absolute Gasteiger partial charge is 0.279 e. The zero-order valence-corrected chi connectivity index (χ0v) is 11.1. The summed E-state index contributed by atoms with van der Waals surface area (Å²) in [7, 11) is -0.284. The SMILES string of the molecule is CCCNCCNS(=O)(=O)N(C)CCOC. The Hall–Kier alpha value is -0.210. The Morgan fingerprint density at radius 3 is 2.50 bits per heavy atom. The van der Waals surface area contributed by atoms with Gasteiger partial charge in [-0.05, 0) is 13.0 Å². The highest BCUT2D eigenvalue weighted by molar-refractivity contribution is 7.87. The second-order valence-electron chi connectivity index (χ2n) is 3.46. The van der Waals surface area contributed by atoms with Crippen molar-refractivity contribution in [2.75, 3.05) is 46.9 Å². The van der Waals surface area contributed by atoms with Gasteiger partial charge in [-0.25, -0.2) is 4.72 Å². The highest BCUT2D eigenvalue weighted by Gasteiger charge is 2.15. The first-order chi connectivity index (χ1) is 7.54. The van der Waals surface area contributed by atoms with Gasteiger partial charge in [-0.2, -0.15) is 12.7 Å². The monoisotopic (exact) mass is 253 g/mol. The Morgan fingerprint density at radius 2 is 1.94 bits per heavy atom. The molecule has 2 N–H and O–H groups in total. The lowest BCUT2D eigenvalue weighted by molar-refractivity contribution is 0.184. The van der Waals surface area contributed by atoms with Gasteiger partial charge in [0, 0.05) is 33.8 Å². The zero-order chi connectivity index (χ0) is 12.4. The summed E-state index contributed by atoms with van der Waals surface area (Å²) in [6, 6.07) is 0. The van der Waals surface area contributed by atoms with Crippen molar-refractivity contribution in [3.05, 3.63) is 0 Å². The number of nitrogens with zero attached hydrogens (tertiary/aromatic N) is 1. The summed E-state index contributed by atoms with van der Waals surface area (Å²) < 4.78 is 31.8. The maximum absolute atomic E-state index is 11.6. The van der Waals surface area contributed by atoms with Crippen LogP contribution < -0.4 is 10.0 Å². The first-order valence-electron chi connectivity index (χ1n) is 5.45. The summed E-state index contributed by atoms with van der Waals surface area (Å²) in [6.07, 6.45) is 1.04. The summed E-state index contributed by atoms with van der Waals surface area (Å²) in [6.45, 7) is 4.77. The standard InChI is InChI=1S/C9H23N3O3S/c1-4-5-10-6-7-11-16(13,14)12(2)8-9-15-3/h10-11H,4-9H2,1-3H3. The number of hydrogen-bond donors (Lipinski definition) is 2. The van der Waals surface area contributed by atoms with Gasteiger partial charge >= 0.3 is 0 Å². The molecule has 0 atom stereocenters. The third-order valence-electron chi connectivity index (χ3n) is 2.03. The molecule has 0 spiro atoms. The molecule has 0 aromatic rings. The van der Waals surface area contributed by atoms with Crippen LogP contribution in [0.1, 0.15) is 13.3 Å². The molecule has 0 radical (unpaired) electrons. The normalized spacial score (nSPS) is 12.2. The molecular formula is C9H23N3O3S. The van der Waals surface area contributed by atoms with E-state index < -0.39 is 10.2 Å². The molecular weight excluding hydrogens is 230 g/mol. The Kier molecular flexibility index (Phi) is 8.77. The molecule has 0 aliphatic rings. The third-order valence-corrected chi connectivity index (χ3v) is 3.61. The van der Waals surface area contributed by atoms with E-state index in [9.17, 15) is 8.42 Å². The van der Waals surface area contributed by atoms with Crippen molar-refractivity contribution in [1.82, 2.24) is 14.3 Å². The van der Waals surface area contributed by atoms with Crippen molar-refractivity contribution in [2.45, 2.75) is 13.3 Å². The quantitative estimate of drug-likeness (QED) is 0.510. The van der Waals surface area contributed by atoms with Gasteiger partial charge in [0.2, 0.25) is 0 Å². The molecule has 0 aliphatic heterocycles. The van der Waals surface area contributed by atoms with Gasteiger partial charge in [-0.15, -0.1) is 0 Å². The van der Waals surface area contributed by atoms with E-state index >= 15 is 0 Å². The molecule has 0 bridgehead atoms. The van der Waals surface area contributed by atoms with E-state index in [2.05, 4.69) is 17.0 Å². The number of hydrogen-bond acceptors (Lipinski definition) is 4. The van der Waals surface area contributed by atoms with Crippen LogP contribution in [0, 0.1) is 0 Å². The average molecular weight is 253 g/mol. The van der Waals surface area contributed by atoms with E-state index in [1.165, 1.54) is 11.4 Å². The molecule has 0 amide bonds. The number of rotatable bonds is 10. The maximum Gasteiger partial charge on any atom is 0.279 e. The molecule has 0 rings (SSSR count). The summed E-state index contributed by atoms with van der Waals surface area (Å²) in [5, 5.41) is 3.12. The molecule has 7 heteroatoms. The fourth-order valence-electron chi connectivity index (χ4n) is 1.02. The van der Waals surface area contributed by atoms with Gasteiger partial charge in [-0.1, -0.05) is 6.92 Å². The lowest BCUT2D eigenvalue weighted by atomic mass is 10.5. The van der Waals surface area contributed by atoms with Gasteiger partial charge < -0.3 is 10.1 Å². The van der Waals surface area contributed by atoms with Crippen molar-refractivity contribution in [2.24, 2.45) is 0 Å². The number of ether oxygens (including phenoxy) is 1. The van der Waals surface area contributed by atoms with Crippen molar-refractivity contribution in [1.29, 1.82) is 0 Å². The van der Waals surface area contributed by atoms with Crippen LogP contribution in [-0.4, -0.2) is 59.7 Å². The fraction of sp³-hybridized carbons (Fsp3) is 1.00. The third kappa shape index (κ3) is 7.13. The van der Waals surface area contributed by atoms with E-state index in [1.807, 2.05) is 0 Å². The van der Waals surface area contributed by atoms with Gasteiger partial charge in [0.1, 0.15) is 0 Å². The van der Waals surface area contributed by atoms with Crippen molar-refractivity contribution >= 4 is 10.2 Å². The molecule has 0 unspecified atom stereocenters. The molecule has 0 saturated carbocycles. The second-order valence-corrected chi connectivity index (χ2v) is 5.33. The molecule has 0 fully saturated rings. The van der Waals surface area contributed by atoms with Crippen molar-refractivity contribution in [3.8, 4) is 0 Å². The minimum Gasteiger partial charge on any atom is -0.383 e. The number of likely N-dealkylation sites (N-methyl/N-ethyl adjacent to an activating group) is 1. The molecule has 98 valence electrons. The van der Waals surface area contributed by atoms with Crippen LogP contribution >= 0.6 is 0 Å². The molecule has 0 heterocycles. The van der Waals surface area contributed by atoms with Crippen LogP contribution in [0.4, 0.5) is 0 Å². The van der Waals surface area contributed by atoms with Crippen LogP contribution in [0.5, 0.6) is 0 Å². The van der Waals surface area contributed by atoms with Gasteiger partial charge in [-0.3, -0.25) is 0 Å². The Morgan fingerprint density at radius 1 is 1.25 bits per heavy atom. The predicted molar refractivity (Wildman–Crippen MR) is 64.6 cm³/mol. The van der Waals surface area contributed by atoms with Gasteiger partial charge in [0.05, 0.1) is 6.61 Å². The van der Waals surface area contributed by atoms with Gasteiger partial charge in [0.15, 0.2) is 0 Å². The van der Waals surface area contributed by atoms with E-state index in [-0.39, 0.29) is 0 Å². The maximum atomic E-state index is 11.6. The van der Waals surface area contributed by atoms with E-state index in [1.54, 1.807) is 7.11 Å². The average Bonchev–Trinajstić information content (AvgIpc) is 2.25. The minimum atomic E-state index is -3.36. The Bertz CT molecular complexity index is 257. The predicted octanol–water partition coefficient (Wildman–Crippen LogP) is -0.601. The second kappa shape index (κ2) is 8.89. The first kappa shape index (κ1) is 15.8. The minimum absolute atomic E-state index is 0.355. The van der Waals surface area contributed by atoms with Crippen molar-refractivity contribution < 1.29 is 13.2 Å². The number of methoxy groups -OCH3 is 1. The summed E-state index contributed by atoms with van der Waals surface area (Å²) >= 11 is 0. The highest BCUT2D eigenvalue weighted by Crippen LogP contribution is 1.92. The van der Waals surface area contributed by atoms with Crippen molar-refractivity contribution in [3.63, 3.8) is 0 Å². The van der Waals surface area contributed by atoms with Crippen LogP contribution in [0.25, 0.3) is 0 Å². The summed E-state index contributed by atoms with van der Waals surface area (Å²) in [5.74, 6) is 0. The molecule has 0 aromatic heterocycles. The lowest BCUT2D eigenvalue weighted by Crippen LogP contribution is -2.42. The number of nitrogens with one attached hydrogen (secondary N) is 2. The van der Waals surface area contributed by atoms with E-state index in [4.69, 9.17) is 4.74 Å². The molecule has 6 nitrogen and oxygen atoms in total. The lowest BCUT2D eigenvalue weighted by Gasteiger charge is -2.17. The van der Waals surface area contributed by atoms with E-state index in [0.717, 1.165) is 13.0 Å². The van der Waals surface area contributed by atoms with Crippen LogP contribution in [-0.2, 0) is 14.9 Å². The molecule has 0 aliphatic carbocycles. The van der Waals surface area contributed by atoms with Gasteiger partial charge in [0.25, 0.3) is 10.2 Å². The molecule has 16 heavy (non-hydrogen) atoms. The highest BCUT2D eigenvalue weighted by atomic mass is 32.2. The first-order valence-corrected chi connectivity index (χ1v) is 6.89. The van der Waals surface area contributed by atoms with Crippen LogP contribution in [0.3, 0.4) is 0 Å². The molecule has 0 aromatic carbocycles.